The summed E-state index contributed by atoms with van der Waals surface area (Å²) in [5, 5.41) is 3.48. The monoisotopic (exact) mass is 224 g/mol. The van der Waals surface area contributed by atoms with Gasteiger partial charge in [-0.05, 0) is 52.1 Å². The summed E-state index contributed by atoms with van der Waals surface area (Å²) < 4.78 is 0. The van der Waals surface area contributed by atoms with Crippen molar-refractivity contribution in [2.24, 2.45) is 0 Å². The average molecular weight is 224 g/mol. The maximum absolute atomic E-state index is 3.48. The highest BCUT2D eigenvalue weighted by atomic mass is 15.2. The maximum atomic E-state index is 3.48. The summed E-state index contributed by atoms with van der Waals surface area (Å²) in [5.74, 6) is 0. The molecule has 16 heavy (non-hydrogen) atoms. The van der Waals surface area contributed by atoms with Crippen LogP contribution >= 0.6 is 0 Å². The van der Waals surface area contributed by atoms with Gasteiger partial charge >= 0.3 is 0 Å². The third-order valence-corrected chi connectivity index (χ3v) is 4.31. The minimum atomic E-state index is 0.779. The van der Waals surface area contributed by atoms with Crippen LogP contribution in [-0.4, -0.2) is 36.6 Å². The molecule has 2 aliphatic carbocycles. The lowest BCUT2D eigenvalue weighted by Crippen LogP contribution is -2.45. The van der Waals surface area contributed by atoms with Crippen LogP contribution in [0.1, 0.15) is 58.3 Å². The number of rotatable bonds is 6. The second kappa shape index (κ2) is 6.02. The van der Waals surface area contributed by atoms with Gasteiger partial charge in [-0.1, -0.05) is 19.8 Å². The van der Waals surface area contributed by atoms with Gasteiger partial charge < -0.3 is 5.32 Å². The molecule has 0 aliphatic heterocycles. The highest BCUT2D eigenvalue weighted by Gasteiger charge is 2.35. The second-order valence-corrected chi connectivity index (χ2v) is 5.63. The Kier molecular flexibility index (Phi) is 4.66. The third kappa shape index (κ3) is 3.21. The van der Waals surface area contributed by atoms with E-state index in [1.807, 2.05) is 0 Å². The summed E-state index contributed by atoms with van der Waals surface area (Å²) >= 11 is 0. The Morgan fingerprint density at radius 2 is 1.94 bits per heavy atom. The Hall–Kier alpha value is -0.0800. The molecule has 2 heteroatoms. The zero-order valence-electron chi connectivity index (χ0n) is 11.0. The summed E-state index contributed by atoms with van der Waals surface area (Å²) in [6.45, 7) is 3.66. The van der Waals surface area contributed by atoms with Gasteiger partial charge in [-0.15, -0.1) is 0 Å². The topological polar surface area (TPSA) is 15.3 Å². The molecule has 0 aromatic heterocycles. The van der Waals surface area contributed by atoms with Crippen molar-refractivity contribution in [3.05, 3.63) is 0 Å². The highest BCUT2D eigenvalue weighted by molar-refractivity contribution is 4.92. The molecule has 2 nitrogen and oxygen atoms in total. The van der Waals surface area contributed by atoms with Crippen LogP contribution < -0.4 is 5.32 Å². The van der Waals surface area contributed by atoms with E-state index in [-0.39, 0.29) is 0 Å². The Morgan fingerprint density at radius 3 is 2.56 bits per heavy atom. The minimum Gasteiger partial charge on any atom is -0.317 e. The van der Waals surface area contributed by atoms with Gasteiger partial charge in [-0.3, -0.25) is 4.90 Å². The molecule has 0 amide bonds. The molecular weight excluding hydrogens is 196 g/mol. The summed E-state index contributed by atoms with van der Waals surface area (Å²) in [6.07, 6.45) is 11.3. The molecule has 94 valence electrons. The van der Waals surface area contributed by atoms with E-state index in [0.717, 1.165) is 18.1 Å². The van der Waals surface area contributed by atoms with Crippen LogP contribution in [0.25, 0.3) is 0 Å². The zero-order valence-corrected chi connectivity index (χ0v) is 11.0. The van der Waals surface area contributed by atoms with E-state index in [1.54, 1.807) is 0 Å². The fourth-order valence-electron chi connectivity index (χ4n) is 3.14. The molecule has 1 N–H and O–H groups in total. The van der Waals surface area contributed by atoms with Gasteiger partial charge in [0.25, 0.3) is 0 Å². The zero-order chi connectivity index (χ0) is 11.4. The van der Waals surface area contributed by atoms with Crippen molar-refractivity contribution in [3.63, 3.8) is 0 Å². The molecule has 2 unspecified atom stereocenters. The first-order valence-electron chi connectivity index (χ1n) is 7.28. The Morgan fingerprint density at radius 1 is 1.12 bits per heavy atom. The van der Waals surface area contributed by atoms with Gasteiger partial charge in [-0.2, -0.15) is 0 Å². The van der Waals surface area contributed by atoms with Gasteiger partial charge in [0.1, 0.15) is 0 Å². The van der Waals surface area contributed by atoms with Crippen LogP contribution in [0.15, 0.2) is 0 Å². The molecule has 2 atom stereocenters. The first kappa shape index (κ1) is 12.4. The lowest BCUT2D eigenvalue weighted by atomic mass is 9.89. The van der Waals surface area contributed by atoms with E-state index in [0.29, 0.717) is 0 Å². The van der Waals surface area contributed by atoms with Crippen LogP contribution in [0, 0.1) is 0 Å². The smallest absolute Gasteiger partial charge is 0.0113 e. The first-order chi connectivity index (χ1) is 7.85. The molecule has 0 bridgehead atoms. The molecule has 2 aliphatic rings. The summed E-state index contributed by atoms with van der Waals surface area (Å²) in [7, 11) is 2.13. The fourth-order valence-corrected chi connectivity index (χ4v) is 3.14. The number of nitrogens with zero attached hydrogens (tertiary/aromatic N) is 1. The lowest BCUT2D eigenvalue weighted by Gasteiger charge is -2.37. The SMILES string of the molecule is CCCCN(C1CC1)C1CCCC(NC)C1. The first-order valence-corrected chi connectivity index (χ1v) is 7.28. The van der Waals surface area contributed by atoms with E-state index in [9.17, 15) is 0 Å². The van der Waals surface area contributed by atoms with Crippen LogP contribution in [-0.2, 0) is 0 Å². The molecule has 2 fully saturated rings. The summed E-state index contributed by atoms with van der Waals surface area (Å²) in [6, 6.07) is 2.61. The van der Waals surface area contributed by atoms with Gasteiger partial charge in [0.15, 0.2) is 0 Å². The van der Waals surface area contributed by atoms with E-state index in [4.69, 9.17) is 0 Å². The molecule has 2 saturated carbocycles. The lowest BCUT2D eigenvalue weighted by molar-refractivity contribution is 0.131. The Bertz CT molecular complexity index is 201. The van der Waals surface area contributed by atoms with Crippen LogP contribution in [0.3, 0.4) is 0 Å². The van der Waals surface area contributed by atoms with E-state index >= 15 is 0 Å². The molecule has 0 heterocycles. The highest BCUT2D eigenvalue weighted by Crippen LogP contribution is 2.33. The van der Waals surface area contributed by atoms with Crippen LogP contribution in [0.5, 0.6) is 0 Å². The Labute approximate surface area is 101 Å². The van der Waals surface area contributed by atoms with Crippen molar-refractivity contribution in [1.29, 1.82) is 0 Å². The average Bonchev–Trinajstić information content (AvgIpc) is 3.14. The van der Waals surface area contributed by atoms with Crippen molar-refractivity contribution >= 4 is 0 Å². The minimum absolute atomic E-state index is 0.779. The molecule has 0 spiro atoms. The van der Waals surface area contributed by atoms with Crippen molar-refractivity contribution in [2.45, 2.75) is 76.4 Å². The van der Waals surface area contributed by atoms with E-state index in [2.05, 4.69) is 24.2 Å². The van der Waals surface area contributed by atoms with E-state index in [1.165, 1.54) is 57.9 Å². The standard InChI is InChI=1S/C14H28N2/c1-3-4-10-16(13-8-9-13)14-7-5-6-12(11-14)15-2/h12-15H,3-11H2,1-2H3. The van der Waals surface area contributed by atoms with Crippen molar-refractivity contribution in [2.75, 3.05) is 13.6 Å². The van der Waals surface area contributed by atoms with Crippen molar-refractivity contribution < 1.29 is 0 Å². The second-order valence-electron chi connectivity index (χ2n) is 5.63. The van der Waals surface area contributed by atoms with Gasteiger partial charge in [0, 0.05) is 18.1 Å². The van der Waals surface area contributed by atoms with Crippen molar-refractivity contribution in [3.8, 4) is 0 Å². The number of hydrogen-bond acceptors (Lipinski definition) is 2. The number of unbranched alkanes of at least 4 members (excludes halogenated alkanes) is 1. The molecule has 2 rings (SSSR count). The molecular formula is C14H28N2. The predicted molar refractivity (Wildman–Crippen MR) is 69.7 cm³/mol. The van der Waals surface area contributed by atoms with Crippen LogP contribution in [0.2, 0.25) is 0 Å². The molecule has 0 aromatic rings. The number of hydrogen-bond donors (Lipinski definition) is 1. The fraction of sp³-hybridized carbons (Fsp3) is 1.00. The maximum Gasteiger partial charge on any atom is 0.0113 e. The summed E-state index contributed by atoms with van der Waals surface area (Å²) in [5.41, 5.74) is 0. The molecule has 0 aromatic carbocycles. The van der Waals surface area contributed by atoms with Gasteiger partial charge in [-0.25, -0.2) is 0 Å². The number of nitrogens with one attached hydrogen (secondary N) is 1. The quantitative estimate of drug-likeness (QED) is 0.746. The van der Waals surface area contributed by atoms with Gasteiger partial charge in [0.2, 0.25) is 0 Å². The molecule has 0 radical (unpaired) electrons. The normalized spacial score (nSPS) is 30.9. The molecule has 0 saturated heterocycles. The summed E-state index contributed by atoms with van der Waals surface area (Å²) in [4.78, 5) is 2.84. The van der Waals surface area contributed by atoms with Crippen molar-refractivity contribution in [1.82, 2.24) is 10.2 Å². The van der Waals surface area contributed by atoms with E-state index < -0.39 is 0 Å². The van der Waals surface area contributed by atoms with Gasteiger partial charge in [0.05, 0.1) is 0 Å². The third-order valence-electron chi connectivity index (χ3n) is 4.31. The Balaban J connectivity index is 1.85. The van der Waals surface area contributed by atoms with Crippen LogP contribution in [0.4, 0.5) is 0 Å². The predicted octanol–water partition coefficient (Wildman–Crippen LogP) is 2.78. The largest absolute Gasteiger partial charge is 0.317 e.